The number of aromatic nitrogens is 1. The number of nitrogens with zero attached hydrogens (tertiary/aromatic N) is 1. The zero-order valence-electron chi connectivity index (χ0n) is 10.9. The molecule has 4 nitrogen and oxygen atoms in total. The molecular weight excluding hydrogens is 248 g/mol. The van der Waals surface area contributed by atoms with Gasteiger partial charge < -0.3 is 10.8 Å². The molecule has 1 fully saturated rings. The van der Waals surface area contributed by atoms with Gasteiger partial charge in [-0.25, -0.2) is 4.98 Å². The van der Waals surface area contributed by atoms with Gasteiger partial charge in [-0.15, -0.1) is 11.3 Å². The van der Waals surface area contributed by atoms with Crippen LogP contribution in [0.3, 0.4) is 0 Å². The van der Waals surface area contributed by atoms with Crippen molar-refractivity contribution in [2.75, 3.05) is 6.54 Å². The van der Waals surface area contributed by atoms with Crippen LogP contribution in [0.1, 0.15) is 34.8 Å². The first-order chi connectivity index (χ1) is 8.47. The van der Waals surface area contributed by atoms with Gasteiger partial charge in [0.25, 0.3) is 0 Å². The van der Waals surface area contributed by atoms with E-state index in [9.17, 15) is 9.90 Å². The van der Waals surface area contributed by atoms with Crippen LogP contribution < -0.4 is 5.73 Å². The number of aryl methyl sites for hydroxylation is 2. The van der Waals surface area contributed by atoms with E-state index in [1.807, 2.05) is 13.8 Å². The Morgan fingerprint density at radius 2 is 2.22 bits per heavy atom. The number of carbonyl (C=O) groups is 1. The van der Waals surface area contributed by atoms with E-state index in [-0.39, 0.29) is 6.54 Å². The maximum atomic E-state index is 11.6. The van der Waals surface area contributed by atoms with E-state index >= 15 is 0 Å². The van der Waals surface area contributed by atoms with Crippen LogP contribution >= 0.6 is 11.3 Å². The molecule has 1 unspecified atom stereocenters. The number of carboxylic acids is 1. The highest BCUT2D eigenvalue weighted by molar-refractivity contribution is 7.11. The summed E-state index contributed by atoms with van der Waals surface area (Å²) in [5, 5.41) is 10.4. The zero-order valence-corrected chi connectivity index (χ0v) is 11.7. The molecule has 18 heavy (non-hydrogen) atoms. The van der Waals surface area contributed by atoms with Crippen molar-refractivity contribution in [1.29, 1.82) is 0 Å². The number of hydrogen-bond donors (Lipinski definition) is 2. The van der Waals surface area contributed by atoms with E-state index in [1.165, 1.54) is 0 Å². The Hall–Kier alpha value is -0.940. The van der Waals surface area contributed by atoms with Gasteiger partial charge in [0, 0.05) is 17.8 Å². The van der Waals surface area contributed by atoms with Crippen LogP contribution in [-0.4, -0.2) is 22.6 Å². The Bertz CT molecular complexity index is 434. The van der Waals surface area contributed by atoms with Crippen molar-refractivity contribution in [3.63, 3.8) is 0 Å². The first-order valence-corrected chi connectivity index (χ1v) is 7.15. The smallest absolute Gasteiger partial charge is 0.311 e. The molecule has 1 aliphatic carbocycles. The van der Waals surface area contributed by atoms with Gasteiger partial charge in [-0.05, 0) is 26.2 Å². The van der Waals surface area contributed by atoms with Crippen LogP contribution in [0.25, 0.3) is 0 Å². The molecule has 0 aliphatic heterocycles. The monoisotopic (exact) mass is 268 g/mol. The number of hydrogen-bond acceptors (Lipinski definition) is 4. The summed E-state index contributed by atoms with van der Waals surface area (Å²) >= 11 is 1.59. The minimum absolute atomic E-state index is 0.191. The van der Waals surface area contributed by atoms with Gasteiger partial charge in [-0.2, -0.15) is 0 Å². The lowest BCUT2D eigenvalue weighted by Gasteiger charge is -2.27. The fourth-order valence-corrected chi connectivity index (χ4v) is 3.33. The van der Waals surface area contributed by atoms with Gasteiger partial charge in [0.15, 0.2) is 0 Å². The second kappa shape index (κ2) is 4.97. The Balaban J connectivity index is 2.20. The third kappa shape index (κ3) is 2.72. The number of thiazole rings is 1. The quantitative estimate of drug-likeness (QED) is 0.828. The van der Waals surface area contributed by atoms with Crippen molar-refractivity contribution in [3.05, 3.63) is 15.6 Å². The highest BCUT2D eigenvalue weighted by atomic mass is 32.1. The summed E-state index contributed by atoms with van der Waals surface area (Å²) in [7, 11) is 0. The second-order valence-corrected chi connectivity index (χ2v) is 6.65. The van der Waals surface area contributed by atoms with Crippen molar-refractivity contribution in [2.45, 2.75) is 39.5 Å². The molecule has 1 aromatic heterocycles. The normalized spacial score (nSPS) is 18.6. The molecule has 1 aliphatic rings. The maximum Gasteiger partial charge on any atom is 0.311 e. The lowest BCUT2D eigenvalue weighted by atomic mass is 9.79. The van der Waals surface area contributed by atoms with Crippen molar-refractivity contribution >= 4 is 17.3 Å². The summed E-state index contributed by atoms with van der Waals surface area (Å²) in [5.41, 5.74) is 5.95. The Morgan fingerprint density at radius 1 is 1.56 bits per heavy atom. The number of carboxylic acid groups (broad SMARTS) is 1. The minimum atomic E-state index is -0.822. The van der Waals surface area contributed by atoms with Crippen molar-refractivity contribution in [3.8, 4) is 0 Å². The van der Waals surface area contributed by atoms with Gasteiger partial charge in [0.1, 0.15) is 0 Å². The van der Waals surface area contributed by atoms with Crippen LogP contribution in [0, 0.1) is 25.2 Å². The standard InChI is InChI=1S/C13H20N2O2S/c1-8-9(2)18-11(15-8)6-13(7-14,12(16)17)5-10-3-4-10/h10H,3-7,14H2,1-2H3,(H,16,17). The van der Waals surface area contributed by atoms with Crippen LogP contribution in [0.4, 0.5) is 0 Å². The van der Waals surface area contributed by atoms with E-state index in [2.05, 4.69) is 4.98 Å². The summed E-state index contributed by atoms with van der Waals surface area (Å²) in [6, 6.07) is 0. The lowest BCUT2D eigenvalue weighted by molar-refractivity contribution is -0.149. The molecule has 2 rings (SSSR count). The summed E-state index contributed by atoms with van der Waals surface area (Å²) in [4.78, 5) is 17.2. The molecule has 0 aromatic carbocycles. The first kappa shape index (κ1) is 13.5. The summed E-state index contributed by atoms with van der Waals surface area (Å²) in [6.07, 6.45) is 3.45. The highest BCUT2D eigenvalue weighted by Crippen LogP contribution is 2.42. The Labute approximate surface area is 111 Å². The van der Waals surface area contributed by atoms with Crippen molar-refractivity contribution in [1.82, 2.24) is 4.98 Å². The predicted molar refractivity (Wildman–Crippen MR) is 71.8 cm³/mol. The first-order valence-electron chi connectivity index (χ1n) is 6.33. The number of aliphatic carboxylic acids is 1. The molecule has 3 N–H and O–H groups in total. The van der Waals surface area contributed by atoms with Gasteiger partial charge in [-0.1, -0.05) is 12.8 Å². The third-order valence-electron chi connectivity index (χ3n) is 3.78. The van der Waals surface area contributed by atoms with Crippen LogP contribution in [0.5, 0.6) is 0 Å². The molecule has 0 radical (unpaired) electrons. The largest absolute Gasteiger partial charge is 0.481 e. The Kier molecular flexibility index (Phi) is 3.73. The maximum absolute atomic E-state index is 11.6. The summed E-state index contributed by atoms with van der Waals surface area (Å²) < 4.78 is 0. The molecule has 1 heterocycles. The predicted octanol–water partition coefficient (Wildman–Crippen LogP) is 2.13. The average molecular weight is 268 g/mol. The van der Waals surface area contributed by atoms with Gasteiger partial charge in [0.2, 0.25) is 0 Å². The fraction of sp³-hybridized carbons (Fsp3) is 0.692. The molecule has 0 bridgehead atoms. The SMILES string of the molecule is Cc1nc(CC(CN)(CC2CC2)C(=O)O)sc1C. The van der Waals surface area contributed by atoms with Gasteiger partial charge in [-0.3, -0.25) is 4.79 Å². The number of rotatable bonds is 6. The topological polar surface area (TPSA) is 76.2 Å². The molecule has 1 atom stereocenters. The minimum Gasteiger partial charge on any atom is -0.481 e. The zero-order chi connectivity index (χ0) is 13.3. The average Bonchev–Trinajstić information content (AvgIpc) is 3.05. The molecule has 0 spiro atoms. The highest BCUT2D eigenvalue weighted by Gasteiger charge is 2.43. The summed E-state index contributed by atoms with van der Waals surface area (Å²) in [6.45, 7) is 4.17. The molecule has 100 valence electrons. The molecule has 1 saturated carbocycles. The van der Waals surface area contributed by atoms with Gasteiger partial charge >= 0.3 is 5.97 Å². The molecular formula is C13H20N2O2S. The molecule has 1 aromatic rings. The van der Waals surface area contributed by atoms with Crippen LogP contribution in [0.15, 0.2) is 0 Å². The fourth-order valence-electron chi connectivity index (χ4n) is 2.26. The van der Waals surface area contributed by atoms with Crippen molar-refractivity contribution in [2.24, 2.45) is 17.1 Å². The van der Waals surface area contributed by atoms with Crippen LogP contribution in [-0.2, 0) is 11.2 Å². The molecule has 5 heteroatoms. The van der Waals surface area contributed by atoms with Crippen molar-refractivity contribution < 1.29 is 9.90 Å². The van der Waals surface area contributed by atoms with E-state index in [0.29, 0.717) is 18.8 Å². The lowest BCUT2D eigenvalue weighted by Crippen LogP contribution is -2.41. The van der Waals surface area contributed by atoms with E-state index in [0.717, 1.165) is 28.4 Å². The molecule has 0 saturated heterocycles. The van der Waals surface area contributed by atoms with Crippen LogP contribution in [0.2, 0.25) is 0 Å². The number of nitrogens with two attached hydrogens (primary N) is 1. The van der Waals surface area contributed by atoms with E-state index < -0.39 is 11.4 Å². The third-order valence-corrected chi connectivity index (χ3v) is 4.86. The van der Waals surface area contributed by atoms with E-state index in [1.54, 1.807) is 11.3 Å². The summed E-state index contributed by atoms with van der Waals surface area (Å²) in [5.74, 6) is -0.228. The second-order valence-electron chi connectivity index (χ2n) is 5.36. The molecule has 0 amide bonds. The van der Waals surface area contributed by atoms with E-state index in [4.69, 9.17) is 5.73 Å². The Morgan fingerprint density at radius 3 is 2.61 bits per heavy atom. The van der Waals surface area contributed by atoms with Gasteiger partial charge in [0.05, 0.1) is 16.1 Å².